The zero-order valence-corrected chi connectivity index (χ0v) is 30.7. The number of hydrogen-bond acceptors (Lipinski definition) is 1. The van der Waals surface area contributed by atoms with Gasteiger partial charge in [0.25, 0.3) is 0 Å². The molecule has 0 unspecified atom stereocenters. The van der Waals surface area contributed by atoms with Gasteiger partial charge in [-0.15, -0.1) is 0 Å². The van der Waals surface area contributed by atoms with Gasteiger partial charge in [-0.1, -0.05) is 170 Å². The zero-order valence-electron chi connectivity index (χ0n) is 30.7. The molecule has 56 heavy (non-hydrogen) atoms. The Bertz CT molecular complexity index is 3230. The van der Waals surface area contributed by atoms with Gasteiger partial charge in [0.15, 0.2) is 0 Å². The molecule has 0 N–H and O–H groups in total. The second-order valence-electron chi connectivity index (χ2n) is 14.5. The van der Waals surface area contributed by atoms with Gasteiger partial charge in [-0.2, -0.15) is 0 Å². The van der Waals surface area contributed by atoms with Crippen LogP contribution in [0.3, 0.4) is 0 Å². The summed E-state index contributed by atoms with van der Waals surface area (Å²) in [5.74, 6) is 0. The summed E-state index contributed by atoms with van der Waals surface area (Å²) in [5.41, 5.74) is 11.5. The number of benzene rings is 10. The van der Waals surface area contributed by atoms with Crippen molar-refractivity contribution in [3.63, 3.8) is 0 Å². The van der Waals surface area contributed by atoms with E-state index in [4.69, 9.17) is 0 Å². The molecule has 0 bridgehead atoms. The fraction of sp³-hybridized carbons (Fsp3) is 0. The molecule has 11 aromatic rings. The number of aromatic nitrogens is 1. The molecule has 11 rings (SSSR count). The van der Waals surface area contributed by atoms with Crippen molar-refractivity contribution in [1.82, 2.24) is 4.57 Å². The van der Waals surface area contributed by atoms with E-state index in [1.165, 1.54) is 76.4 Å². The third kappa shape index (κ3) is 5.19. The molecule has 262 valence electrons. The predicted molar refractivity (Wildman–Crippen MR) is 239 cm³/mol. The van der Waals surface area contributed by atoms with Crippen LogP contribution in [0.1, 0.15) is 0 Å². The molecule has 0 saturated heterocycles. The first-order chi connectivity index (χ1) is 27.8. The Morgan fingerprint density at radius 1 is 0.321 bits per heavy atom. The lowest BCUT2D eigenvalue weighted by atomic mass is 9.94. The van der Waals surface area contributed by atoms with E-state index in [0.717, 1.165) is 22.7 Å². The first-order valence-corrected chi connectivity index (χ1v) is 19.3. The third-order valence-electron chi connectivity index (χ3n) is 11.4. The van der Waals surface area contributed by atoms with Crippen LogP contribution in [-0.2, 0) is 0 Å². The topological polar surface area (TPSA) is 8.17 Å². The van der Waals surface area contributed by atoms with Gasteiger partial charge in [-0.3, -0.25) is 0 Å². The highest BCUT2D eigenvalue weighted by Gasteiger charge is 2.23. The summed E-state index contributed by atoms with van der Waals surface area (Å²) < 4.78 is 2.43. The Morgan fingerprint density at radius 3 is 1.73 bits per heavy atom. The van der Waals surface area contributed by atoms with Crippen LogP contribution < -0.4 is 4.90 Å². The van der Waals surface area contributed by atoms with E-state index in [1.54, 1.807) is 0 Å². The van der Waals surface area contributed by atoms with Crippen LogP contribution >= 0.6 is 0 Å². The number of para-hydroxylation sites is 4. The summed E-state index contributed by atoms with van der Waals surface area (Å²) in [6, 6.07) is 79.5. The van der Waals surface area contributed by atoms with E-state index >= 15 is 0 Å². The molecule has 0 spiro atoms. The minimum absolute atomic E-state index is 1.09. The SMILES string of the molecule is c1ccc(-c2ccccc2N(c2ccc(-c3ccc4ccc5c6ccccc6ccc5c4c3)cc2)c2cccc3c4ccccc4n(-c4ccccc4)c23)cc1. The molecule has 0 radical (unpaired) electrons. The molecule has 10 aromatic carbocycles. The Balaban J connectivity index is 1.12. The first kappa shape index (κ1) is 32.0. The Labute approximate surface area is 325 Å². The number of rotatable bonds is 6. The molecule has 0 aliphatic heterocycles. The average Bonchev–Trinajstić information content (AvgIpc) is 3.62. The largest absolute Gasteiger partial charge is 0.308 e. The van der Waals surface area contributed by atoms with Gasteiger partial charge in [0, 0.05) is 27.7 Å². The van der Waals surface area contributed by atoms with Gasteiger partial charge >= 0.3 is 0 Å². The van der Waals surface area contributed by atoms with Gasteiger partial charge in [0.05, 0.1) is 22.4 Å². The summed E-state index contributed by atoms with van der Waals surface area (Å²) in [4.78, 5) is 2.45. The van der Waals surface area contributed by atoms with Crippen LogP contribution in [-0.4, -0.2) is 4.57 Å². The highest BCUT2D eigenvalue weighted by atomic mass is 15.2. The standard InChI is InChI=1S/C54H36N2/c1-3-14-38(15-4-1)45-20-9-11-23-51(45)55(53-25-13-22-49-48-21-10-12-24-52(48)56(54(49)53)42-17-5-2-6-18-42)43-32-28-37(29-33-43)41-27-26-40-31-34-46-44-19-8-7-16-39(44)30-35-47(46)50(40)36-41/h1-36H. The van der Waals surface area contributed by atoms with Crippen molar-refractivity contribution in [3.05, 3.63) is 218 Å². The summed E-state index contributed by atoms with van der Waals surface area (Å²) in [7, 11) is 0. The summed E-state index contributed by atoms with van der Waals surface area (Å²) in [5, 5.41) is 10.1. The van der Waals surface area contributed by atoms with Gasteiger partial charge in [0.1, 0.15) is 0 Å². The van der Waals surface area contributed by atoms with Crippen molar-refractivity contribution in [2.45, 2.75) is 0 Å². The van der Waals surface area contributed by atoms with E-state index in [2.05, 4.69) is 228 Å². The molecule has 1 heterocycles. The number of nitrogens with zero attached hydrogens (tertiary/aromatic N) is 2. The zero-order chi connectivity index (χ0) is 37.0. The maximum Gasteiger partial charge on any atom is 0.0782 e. The summed E-state index contributed by atoms with van der Waals surface area (Å²) >= 11 is 0. The highest BCUT2D eigenvalue weighted by Crippen LogP contribution is 2.46. The highest BCUT2D eigenvalue weighted by molar-refractivity contribution is 6.18. The summed E-state index contributed by atoms with van der Waals surface area (Å²) in [6.07, 6.45) is 0. The second-order valence-corrected chi connectivity index (χ2v) is 14.5. The van der Waals surface area contributed by atoms with Crippen molar-refractivity contribution >= 4 is 71.2 Å². The third-order valence-corrected chi connectivity index (χ3v) is 11.4. The maximum absolute atomic E-state index is 2.45. The molecule has 0 saturated carbocycles. The quantitative estimate of drug-likeness (QED) is 0.156. The van der Waals surface area contributed by atoms with Crippen molar-refractivity contribution in [1.29, 1.82) is 0 Å². The van der Waals surface area contributed by atoms with Crippen LogP contribution in [0.2, 0.25) is 0 Å². The van der Waals surface area contributed by atoms with Gasteiger partial charge in [-0.25, -0.2) is 0 Å². The van der Waals surface area contributed by atoms with Crippen LogP contribution in [0, 0.1) is 0 Å². The van der Waals surface area contributed by atoms with Crippen LogP contribution in [0.25, 0.3) is 82.1 Å². The Kier molecular flexibility index (Phi) is 7.53. The van der Waals surface area contributed by atoms with Crippen molar-refractivity contribution < 1.29 is 0 Å². The smallest absolute Gasteiger partial charge is 0.0782 e. The van der Waals surface area contributed by atoms with E-state index in [9.17, 15) is 0 Å². The molecule has 0 atom stereocenters. The molecule has 2 heteroatoms. The minimum atomic E-state index is 1.09. The molecular weight excluding hydrogens is 677 g/mol. The normalized spacial score (nSPS) is 11.6. The monoisotopic (exact) mass is 712 g/mol. The van der Waals surface area contributed by atoms with E-state index < -0.39 is 0 Å². The van der Waals surface area contributed by atoms with E-state index in [0.29, 0.717) is 0 Å². The van der Waals surface area contributed by atoms with Gasteiger partial charge < -0.3 is 9.47 Å². The molecular formula is C54H36N2. The predicted octanol–water partition coefficient (Wildman–Crippen LogP) is 15.0. The van der Waals surface area contributed by atoms with E-state index in [1.807, 2.05) is 0 Å². The average molecular weight is 713 g/mol. The van der Waals surface area contributed by atoms with Gasteiger partial charge in [-0.05, 0) is 97.5 Å². The number of fused-ring (bicyclic) bond motifs is 8. The number of anilines is 3. The lowest BCUT2D eigenvalue weighted by Gasteiger charge is -2.29. The van der Waals surface area contributed by atoms with Crippen LogP contribution in [0.4, 0.5) is 17.1 Å². The molecule has 2 nitrogen and oxygen atoms in total. The molecule has 0 aliphatic carbocycles. The lowest BCUT2D eigenvalue weighted by Crippen LogP contribution is -2.12. The molecule has 1 aromatic heterocycles. The van der Waals surface area contributed by atoms with Gasteiger partial charge in [0.2, 0.25) is 0 Å². The first-order valence-electron chi connectivity index (χ1n) is 19.3. The molecule has 0 aliphatic rings. The van der Waals surface area contributed by atoms with Crippen molar-refractivity contribution in [3.8, 4) is 27.9 Å². The van der Waals surface area contributed by atoms with E-state index in [-0.39, 0.29) is 0 Å². The van der Waals surface area contributed by atoms with Crippen molar-refractivity contribution in [2.75, 3.05) is 4.90 Å². The molecule has 0 fully saturated rings. The Morgan fingerprint density at radius 2 is 0.911 bits per heavy atom. The second kappa shape index (κ2) is 13.2. The van der Waals surface area contributed by atoms with Crippen LogP contribution in [0.5, 0.6) is 0 Å². The maximum atomic E-state index is 2.45. The lowest BCUT2D eigenvalue weighted by molar-refractivity contribution is 1.17. The summed E-state index contributed by atoms with van der Waals surface area (Å²) in [6.45, 7) is 0. The fourth-order valence-corrected chi connectivity index (χ4v) is 8.77. The fourth-order valence-electron chi connectivity index (χ4n) is 8.77. The Hall–Kier alpha value is -7.42. The van der Waals surface area contributed by atoms with Crippen LogP contribution in [0.15, 0.2) is 218 Å². The minimum Gasteiger partial charge on any atom is -0.308 e. The number of hydrogen-bond donors (Lipinski definition) is 0. The van der Waals surface area contributed by atoms with Crippen molar-refractivity contribution in [2.24, 2.45) is 0 Å². The molecule has 0 amide bonds.